The Morgan fingerprint density at radius 3 is 2.53 bits per heavy atom. The van der Waals surface area contributed by atoms with E-state index in [1.807, 2.05) is 44.7 Å². The van der Waals surface area contributed by atoms with Crippen LogP contribution in [-0.4, -0.2) is 43.3 Å². The molecule has 0 radical (unpaired) electrons. The molecule has 5 heteroatoms. The van der Waals surface area contributed by atoms with E-state index in [0.29, 0.717) is 6.54 Å². The van der Waals surface area contributed by atoms with Crippen molar-refractivity contribution in [3.05, 3.63) is 12.2 Å². The van der Waals surface area contributed by atoms with Gasteiger partial charge in [0.15, 0.2) is 0 Å². The molecule has 0 unspecified atom stereocenters. The van der Waals surface area contributed by atoms with E-state index in [4.69, 9.17) is 4.74 Å². The van der Waals surface area contributed by atoms with Crippen molar-refractivity contribution in [2.24, 2.45) is 0 Å². The van der Waals surface area contributed by atoms with Crippen LogP contribution in [0.5, 0.6) is 0 Å². The maximum Gasteiger partial charge on any atom is 0.407 e. The van der Waals surface area contributed by atoms with Gasteiger partial charge in [0.05, 0.1) is 0 Å². The topological polar surface area (TPSA) is 50.4 Å². The maximum absolute atomic E-state index is 11.3. The van der Waals surface area contributed by atoms with Gasteiger partial charge in [0.25, 0.3) is 0 Å². The van der Waals surface area contributed by atoms with Gasteiger partial charge < -0.3 is 15.4 Å². The third-order valence-corrected chi connectivity index (χ3v) is 2.84. The molecule has 0 saturated heterocycles. The number of ether oxygens (including phenoxy) is 1. The second-order valence-corrected chi connectivity index (χ2v) is 6.24. The molecule has 19 heavy (non-hydrogen) atoms. The first-order chi connectivity index (χ1) is 8.95. The SMILES string of the molecule is CSCCCCNC/C=C/CNC(=O)OC(C)(C)C. The molecule has 0 aliphatic carbocycles. The molecule has 1 amide bonds. The van der Waals surface area contributed by atoms with Crippen LogP contribution in [0.2, 0.25) is 0 Å². The molecule has 0 aromatic rings. The number of carbonyl (C=O) groups is 1. The predicted molar refractivity (Wildman–Crippen MR) is 83.9 cm³/mol. The predicted octanol–water partition coefficient (Wildman–Crippen LogP) is 2.80. The average Bonchev–Trinajstić information content (AvgIpc) is 2.29. The minimum Gasteiger partial charge on any atom is -0.444 e. The molecule has 0 saturated carbocycles. The van der Waals surface area contributed by atoms with Crippen molar-refractivity contribution in [1.29, 1.82) is 0 Å². The monoisotopic (exact) mass is 288 g/mol. The number of unbranched alkanes of at least 4 members (excludes halogenated alkanes) is 1. The molecule has 0 fully saturated rings. The number of alkyl carbamates (subject to hydrolysis) is 1. The summed E-state index contributed by atoms with van der Waals surface area (Å²) in [5.41, 5.74) is -0.438. The lowest BCUT2D eigenvalue weighted by Gasteiger charge is -2.19. The minimum atomic E-state index is -0.438. The Balaban J connectivity index is 3.37. The van der Waals surface area contributed by atoms with Crippen LogP contribution in [0.3, 0.4) is 0 Å². The molecule has 0 aliphatic heterocycles. The van der Waals surface area contributed by atoms with Crippen LogP contribution in [0.25, 0.3) is 0 Å². The lowest BCUT2D eigenvalue weighted by Crippen LogP contribution is -2.32. The Morgan fingerprint density at radius 1 is 1.21 bits per heavy atom. The molecular weight excluding hydrogens is 260 g/mol. The number of hydrogen-bond donors (Lipinski definition) is 2. The first-order valence-corrected chi connectivity index (χ1v) is 8.16. The summed E-state index contributed by atoms with van der Waals surface area (Å²) in [6.45, 7) is 7.94. The molecule has 0 heterocycles. The third kappa shape index (κ3) is 15.3. The quantitative estimate of drug-likeness (QED) is 0.506. The normalized spacial score (nSPS) is 11.8. The fourth-order valence-corrected chi connectivity index (χ4v) is 1.80. The fraction of sp³-hybridized carbons (Fsp3) is 0.786. The van der Waals surface area contributed by atoms with Gasteiger partial charge in [0, 0.05) is 13.1 Å². The summed E-state index contributed by atoms with van der Waals surface area (Å²) in [5, 5.41) is 6.01. The van der Waals surface area contributed by atoms with Crippen LogP contribution >= 0.6 is 11.8 Å². The van der Waals surface area contributed by atoms with Crippen molar-refractivity contribution >= 4 is 17.9 Å². The molecule has 2 N–H and O–H groups in total. The van der Waals surface area contributed by atoms with Gasteiger partial charge in [-0.15, -0.1) is 0 Å². The van der Waals surface area contributed by atoms with Crippen LogP contribution in [0.4, 0.5) is 4.79 Å². The van der Waals surface area contributed by atoms with Crippen molar-refractivity contribution in [2.45, 2.75) is 39.2 Å². The summed E-state index contributed by atoms with van der Waals surface area (Å²) >= 11 is 1.89. The van der Waals surface area contributed by atoms with Crippen molar-refractivity contribution in [3.63, 3.8) is 0 Å². The summed E-state index contributed by atoms with van der Waals surface area (Å²) in [5.74, 6) is 1.23. The zero-order valence-corrected chi connectivity index (χ0v) is 13.4. The Hall–Kier alpha value is -0.680. The molecule has 0 aromatic heterocycles. The summed E-state index contributed by atoms with van der Waals surface area (Å²) in [6, 6.07) is 0. The van der Waals surface area contributed by atoms with E-state index < -0.39 is 5.60 Å². The van der Waals surface area contributed by atoms with Gasteiger partial charge >= 0.3 is 6.09 Å². The Kier molecular flexibility index (Phi) is 10.8. The van der Waals surface area contributed by atoms with Gasteiger partial charge in [0.2, 0.25) is 0 Å². The van der Waals surface area contributed by atoms with Gasteiger partial charge in [-0.2, -0.15) is 11.8 Å². The number of amides is 1. The van der Waals surface area contributed by atoms with E-state index >= 15 is 0 Å². The molecule has 0 aliphatic rings. The molecule has 0 spiro atoms. The highest BCUT2D eigenvalue weighted by Crippen LogP contribution is 2.06. The summed E-state index contributed by atoms with van der Waals surface area (Å²) in [7, 11) is 0. The summed E-state index contributed by atoms with van der Waals surface area (Å²) in [4.78, 5) is 11.3. The first-order valence-electron chi connectivity index (χ1n) is 6.77. The molecule has 4 nitrogen and oxygen atoms in total. The lowest BCUT2D eigenvalue weighted by molar-refractivity contribution is 0.0534. The van der Waals surface area contributed by atoms with Crippen LogP contribution in [0.15, 0.2) is 12.2 Å². The van der Waals surface area contributed by atoms with Crippen LogP contribution in [-0.2, 0) is 4.74 Å². The second kappa shape index (κ2) is 11.2. The molecule has 0 bridgehead atoms. The largest absolute Gasteiger partial charge is 0.444 e. The van der Waals surface area contributed by atoms with Crippen LogP contribution in [0.1, 0.15) is 33.6 Å². The number of hydrogen-bond acceptors (Lipinski definition) is 4. The first kappa shape index (κ1) is 18.3. The molecule has 112 valence electrons. The van der Waals surface area contributed by atoms with E-state index in [-0.39, 0.29) is 6.09 Å². The van der Waals surface area contributed by atoms with E-state index in [2.05, 4.69) is 16.9 Å². The zero-order chi connectivity index (χ0) is 14.6. The van der Waals surface area contributed by atoms with Gasteiger partial charge in [0.1, 0.15) is 5.60 Å². The highest BCUT2D eigenvalue weighted by molar-refractivity contribution is 7.98. The molecule has 0 rings (SSSR count). The van der Waals surface area contributed by atoms with Gasteiger partial charge in [-0.1, -0.05) is 12.2 Å². The van der Waals surface area contributed by atoms with E-state index in [0.717, 1.165) is 13.1 Å². The van der Waals surface area contributed by atoms with E-state index in [1.54, 1.807) is 0 Å². The highest BCUT2D eigenvalue weighted by atomic mass is 32.2. The Labute approximate surface area is 121 Å². The lowest BCUT2D eigenvalue weighted by atomic mass is 10.2. The van der Waals surface area contributed by atoms with Gasteiger partial charge in [-0.3, -0.25) is 0 Å². The van der Waals surface area contributed by atoms with Gasteiger partial charge in [-0.25, -0.2) is 4.79 Å². The van der Waals surface area contributed by atoms with Crippen molar-refractivity contribution in [2.75, 3.05) is 31.6 Å². The second-order valence-electron chi connectivity index (χ2n) is 5.26. The Bertz CT molecular complexity index is 263. The van der Waals surface area contributed by atoms with Crippen molar-refractivity contribution < 1.29 is 9.53 Å². The molecule has 0 atom stereocenters. The number of carbonyl (C=O) groups excluding carboxylic acids is 1. The summed E-state index contributed by atoms with van der Waals surface area (Å²) < 4.78 is 5.12. The van der Waals surface area contributed by atoms with Crippen molar-refractivity contribution in [1.82, 2.24) is 10.6 Å². The number of thioether (sulfide) groups is 1. The van der Waals surface area contributed by atoms with Crippen LogP contribution < -0.4 is 10.6 Å². The standard InChI is InChI=1S/C14H28N2O2S/c1-14(2,3)18-13(17)16-11-6-5-9-15-10-7-8-12-19-4/h5-6,15H,7-12H2,1-4H3,(H,16,17)/b6-5+. The minimum absolute atomic E-state index is 0.373. The number of rotatable bonds is 9. The van der Waals surface area contributed by atoms with E-state index in [9.17, 15) is 4.79 Å². The van der Waals surface area contributed by atoms with Crippen LogP contribution in [0, 0.1) is 0 Å². The third-order valence-electron chi connectivity index (χ3n) is 2.14. The van der Waals surface area contributed by atoms with E-state index in [1.165, 1.54) is 18.6 Å². The molecular formula is C14H28N2O2S. The zero-order valence-electron chi connectivity index (χ0n) is 12.6. The Morgan fingerprint density at radius 2 is 1.89 bits per heavy atom. The van der Waals surface area contributed by atoms with Gasteiger partial charge in [-0.05, 0) is 52.2 Å². The fourth-order valence-electron chi connectivity index (χ4n) is 1.30. The van der Waals surface area contributed by atoms with Crippen molar-refractivity contribution in [3.8, 4) is 0 Å². The smallest absolute Gasteiger partial charge is 0.407 e. The summed E-state index contributed by atoms with van der Waals surface area (Å²) in [6.07, 6.45) is 8.18. The average molecular weight is 288 g/mol. The highest BCUT2D eigenvalue weighted by Gasteiger charge is 2.14. The molecule has 0 aromatic carbocycles. The number of nitrogens with one attached hydrogen (secondary N) is 2. The maximum atomic E-state index is 11.3.